The van der Waals surface area contributed by atoms with Crippen molar-refractivity contribution >= 4 is 17.4 Å². The van der Waals surface area contributed by atoms with E-state index in [1.54, 1.807) is 0 Å². The Balaban J connectivity index is 1.54. The molecule has 170 valence electrons. The number of carbonyl (C=O) groups is 1. The zero-order chi connectivity index (χ0) is 21.8. The molecule has 0 radical (unpaired) electrons. The largest absolute Gasteiger partial charge is 0.299 e. The minimum Gasteiger partial charge on any atom is -0.299 e. The first-order valence-corrected chi connectivity index (χ1v) is 13.4. The Morgan fingerprint density at radius 1 is 0.933 bits per heavy atom. The fourth-order valence-corrected chi connectivity index (χ4v) is 8.89. The monoisotopic (exact) mass is 432 g/mol. The minimum absolute atomic E-state index is 0.211. The molecule has 30 heavy (non-hydrogen) atoms. The number of allylic oxidation sites excluding steroid dienone is 2. The molecular formula is C28H45ClO. The van der Waals surface area contributed by atoms with Crippen LogP contribution in [-0.2, 0) is 4.79 Å². The molecule has 10 atom stereocenters. The Labute approximate surface area is 190 Å². The van der Waals surface area contributed by atoms with Gasteiger partial charge in [0.1, 0.15) is 5.78 Å². The van der Waals surface area contributed by atoms with Crippen LogP contribution in [0.2, 0.25) is 0 Å². The van der Waals surface area contributed by atoms with Gasteiger partial charge in [0.25, 0.3) is 0 Å². The molecule has 4 rings (SSSR count). The Bertz CT molecular complexity index is 682. The molecule has 0 unspecified atom stereocenters. The lowest BCUT2D eigenvalue weighted by atomic mass is 9.44. The lowest BCUT2D eigenvalue weighted by Gasteiger charge is -2.60. The Kier molecular flexibility index (Phi) is 6.28. The van der Waals surface area contributed by atoms with Crippen LogP contribution in [0.1, 0.15) is 92.9 Å². The van der Waals surface area contributed by atoms with E-state index in [0.717, 1.165) is 43.4 Å². The number of ketones is 1. The van der Waals surface area contributed by atoms with Crippen LogP contribution < -0.4 is 0 Å². The number of hydrogen-bond donors (Lipinski definition) is 0. The van der Waals surface area contributed by atoms with Gasteiger partial charge in [0.05, 0.1) is 0 Å². The molecule has 0 aromatic carbocycles. The summed E-state index contributed by atoms with van der Waals surface area (Å²) < 4.78 is 0. The van der Waals surface area contributed by atoms with Crippen molar-refractivity contribution in [1.82, 2.24) is 0 Å². The highest BCUT2D eigenvalue weighted by Gasteiger charge is 2.62. The van der Waals surface area contributed by atoms with Crippen LogP contribution >= 0.6 is 11.6 Å². The van der Waals surface area contributed by atoms with Crippen LogP contribution in [-0.4, -0.2) is 11.2 Å². The molecule has 0 aromatic rings. The van der Waals surface area contributed by atoms with Gasteiger partial charge in [-0.05, 0) is 97.2 Å². The number of rotatable bonds is 4. The zero-order valence-corrected chi connectivity index (χ0v) is 21.0. The Morgan fingerprint density at radius 2 is 1.60 bits per heavy atom. The van der Waals surface area contributed by atoms with Crippen molar-refractivity contribution in [2.75, 3.05) is 0 Å². The third kappa shape index (κ3) is 3.64. The molecule has 4 aliphatic carbocycles. The van der Waals surface area contributed by atoms with E-state index in [4.69, 9.17) is 11.6 Å². The Hall–Kier alpha value is -0.300. The van der Waals surface area contributed by atoms with Gasteiger partial charge in [-0.2, -0.15) is 0 Å². The maximum atomic E-state index is 13.3. The molecule has 0 N–H and O–H groups in total. The van der Waals surface area contributed by atoms with Crippen molar-refractivity contribution in [3.05, 3.63) is 12.2 Å². The molecule has 4 saturated carbocycles. The molecule has 0 heterocycles. The molecule has 1 nitrogen and oxygen atoms in total. The smallest absolute Gasteiger partial charge is 0.136 e. The normalized spacial score (nSPS) is 48.3. The van der Waals surface area contributed by atoms with E-state index in [9.17, 15) is 4.79 Å². The summed E-state index contributed by atoms with van der Waals surface area (Å²) in [4.78, 5) is 13.3. The van der Waals surface area contributed by atoms with Crippen LogP contribution in [0.4, 0.5) is 0 Å². The summed E-state index contributed by atoms with van der Waals surface area (Å²) in [6, 6.07) is 0. The minimum atomic E-state index is 0.211. The maximum Gasteiger partial charge on any atom is 0.136 e. The lowest BCUT2D eigenvalue weighted by molar-refractivity contribution is -0.153. The molecule has 0 amide bonds. The fraction of sp³-hybridized carbons (Fsp3) is 0.893. The molecule has 0 bridgehead atoms. The highest BCUT2D eigenvalue weighted by molar-refractivity contribution is 6.20. The Morgan fingerprint density at radius 3 is 2.30 bits per heavy atom. The SMILES string of the molecule is CC(C)[C@H](C)/C=C/[C@@H](C)[C@@H]1CC[C@H]2[C@H]3CC(=O)[C@H]4C[C@@H](Cl)CC[C@]4(C)[C@@H]3CC[C@@]21C. The van der Waals surface area contributed by atoms with Gasteiger partial charge in [0, 0.05) is 17.7 Å². The molecule has 4 fully saturated rings. The molecule has 2 heteroatoms. The number of alkyl halides is 1. The molecular weight excluding hydrogens is 388 g/mol. The van der Waals surface area contributed by atoms with Crippen molar-refractivity contribution in [2.45, 2.75) is 98.3 Å². The summed E-state index contributed by atoms with van der Waals surface area (Å²) in [6.45, 7) is 14.5. The van der Waals surface area contributed by atoms with E-state index in [0.29, 0.717) is 34.9 Å². The summed E-state index contributed by atoms with van der Waals surface area (Å²) in [7, 11) is 0. The first-order chi connectivity index (χ1) is 14.1. The number of halogens is 1. The van der Waals surface area contributed by atoms with Gasteiger partial charge in [-0.15, -0.1) is 11.6 Å². The fourth-order valence-electron chi connectivity index (χ4n) is 8.60. The molecule has 4 aliphatic rings. The van der Waals surface area contributed by atoms with E-state index in [1.807, 2.05) is 0 Å². The van der Waals surface area contributed by atoms with Crippen molar-refractivity contribution < 1.29 is 4.79 Å². The maximum absolute atomic E-state index is 13.3. The van der Waals surface area contributed by atoms with Crippen molar-refractivity contribution in [2.24, 2.45) is 58.2 Å². The second-order valence-corrected chi connectivity index (χ2v) is 13.2. The highest BCUT2D eigenvalue weighted by Crippen LogP contribution is 2.67. The lowest BCUT2D eigenvalue weighted by Crippen LogP contribution is -2.56. The second kappa shape index (κ2) is 8.24. The third-order valence-electron chi connectivity index (χ3n) is 10.9. The first-order valence-electron chi connectivity index (χ1n) is 12.9. The van der Waals surface area contributed by atoms with Crippen LogP contribution in [0.15, 0.2) is 12.2 Å². The van der Waals surface area contributed by atoms with E-state index in [-0.39, 0.29) is 16.7 Å². The molecule has 0 aliphatic heterocycles. The van der Waals surface area contributed by atoms with Gasteiger partial charge >= 0.3 is 0 Å². The topological polar surface area (TPSA) is 17.1 Å². The van der Waals surface area contributed by atoms with Gasteiger partial charge < -0.3 is 0 Å². The quantitative estimate of drug-likeness (QED) is 0.325. The number of fused-ring (bicyclic) bond motifs is 5. The average Bonchev–Trinajstić information content (AvgIpc) is 3.04. The van der Waals surface area contributed by atoms with Crippen molar-refractivity contribution in [1.29, 1.82) is 0 Å². The van der Waals surface area contributed by atoms with Gasteiger partial charge in [0.2, 0.25) is 0 Å². The summed E-state index contributed by atoms with van der Waals surface area (Å²) in [5, 5.41) is 0.217. The summed E-state index contributed by atoms with van der Waals surface area (Å²) in [6.07, 6.45) is 14.4. The summed E-state index contributed by atoms with van der Waals surface area (Å²) >= 11 is 6.52. The van der Waals surface area contributed by atoms with Gasteiger partial charge in [-0.25, -0.2) is 0 Å². The predicted octanol–water partition coefficient (Wildman–Crippen LogP) is 7.92. The molecule has 0 spiro atoms. The first kappa shape index (κ1) is 22.9. The number of hydrogen-bond acceptors (Lipinski definition) is 1. The standard InChI is InChI=1S/C28H45ClO/c1-17(2)18(3)7-8-19(4)22-9-10-23-21-16-26(30)25-15-20(29)11-13-28(25,6)24(21)12-14-27(22,23)5/h7-8,17-25H,9-16H2,1-6H3/b8-7+/t18-,19-,20+,21-,22+,23+,24-,25-,27-,28-/m1/s1. The van der Waals surface area contributed by atoms with Crippen LogP contribution in [0.25, 0.3) is 0 Å². The third-order valence-corrected chi connectivity index (χ3v) is 11.3. The van der Waals surface area contributed by atoms with E-state index in [2.05, 4.69) is 53.7 Å². The van der Waals surface area contributed by atoms with Crippen LogP contribution in [0.5, 0.6) is 0 Å². The number of Topliss-reactive ketones (excluding diaryl/α,β-unsaturated/α-hetero) is 1. The highest BCUT2D eigenvalue weighted by atomic mass is 35.5. The average molecular weight is 433 g/mol. The number of carbonyl (C=O) groups excluding carboxylic acids is 1. The summed E-state index contributed by atoms with van der Waals surface area (Å²) in [5.41, 5.74) is 0.627. The zero-order valence-electron chi connectivity index (χ0n) is 20.3. The van der Waals surface area contributed by atoms with Crippen molar-refractivity contribution in [3.63, 3.8) is 0 Å². The van der Waals surface area contributed by atoms with Crippen LogP contribution in [0, 0.1) is 58.2 Å². The van der Waals surface area contributed by atoms with Crippen LogP contribution in [0.3, 0.4) is 0 Å². The van der Waals surface area contributed by atoms with Gasteiger partial charge in [-0.3, -0.25) is 4.79 Å². The van der Waals surface area contributed by atoms with E-state index < -0.39 is 0 Å². The molecule has 0 aromatic heterocycles. The molecule has 0 saturated heterocycles. The van der Waals surface area contributed by atoms with E-state index >= 15 is 0 Å². The van der Waals surface area contributed by atoms with Gasteiger partial charge in [-0.1, -0.05) is 53.7 Å². The second-order valence-electron chi connectivity index (χ2n) is 12.6. The van der Waals surface area contributed by atoms with Gasteiger partial charge in [0.15, 0.2) is 0 Å². The van der Waals surface area contributed by atoms with Crippen molar-refractivity contribution in [3.8, 4) is 0 Å². The predicted molar refractivity (Wildman–Crippen MR) is 128 cm³/mol. The van der Waals surface area contributed by atoms with E-state index in [1.165, 1.54) is 25.7 Å². The summed E-state index contributed by atoms with van der Waals surface area (Å²) in [5.74, 6) is 5.68.